The van der Waals surface area contributed by atoms with Crippen molar-refractivity contribution in [3.05, 3.63) is 77.3 Å². The van der Waals surface area contributed by atoms with E-state index in [0.29, 0.717) is 0 Å². The van der Waals surface area contributed by atoms with Crippen LogP contribution in [0.4, 0.5) is 0 Å². The van der Waals surface area contributed by atoms with Crippen LogP contribution in [0.5, 0.6) is 0 Å². The van der Waals surface area contributed by atoms with Crippen LogP contribution in [0.2, 0.25) is 5.02 Å². The van der Waals surface area contributed by atoms with E-state index < -0.39 is 0 Å². The highest BCUT2D eigenvalue weighted by molar-refractivity contribution is 6.31. The van der Waals surface area contributed by atoms with E-state index in [1.165, 1.54) is 27.5 Å². The summed E-state index contributed by atoms with van der Waals surface area (Å²) in [5.74, 6) is 0. The number of aromatic nitrogens is 1. The molecule has 3 aromatic carbocycles. The standard InChI is InChI=1S/C22H20ClN/c1-22(2,3)15-7-6-8-17(13-15)24-20-10-5-4-9-18(20)19-12-11-16(23)14-21(19)24/h4-14H,1-3H3. The lowest BCUT2D eigenvalue weighted by Gasteiger charge is -2.20. The molecular formula is C22H20ClN. The van der Waals surface area contributed by atoms with Crippen molar-refractivity contribution in [2.75, 3.05) is 0 Å². The zero-order valence-electron chi connectivity index (χ0n) is 14.2. The fourth-order valence-electron chi connectivity index (χ4n) is 3.33. The van der Waals surface area contributed by atoms with Crippen LogP contribution in [0.15, 0.2) is 66.7 Å². The minimum atomic E-state index is 0.117. The highest BCUT2D eigenvalue weighted by Gasteiger charge is 2.16. The smallest absolute Gasteiger partial charge is 0.0555 e. The van der Waals surface area contributed by atoms with Gasteiger partial charge >= 0.3 is 0 Å². The third kappa shape index (κ3) is 2.40. The first-order chi connectivity index (χ1) is 11.4. The molecule has 0 radical (unpaired) electrons. The van der Waals surface area contributed by atoms with Gasteiger partial charge in [0.15, 0.2) is 0 Å². The van der Waals surface area contributed by atoms with Crippen LogP contribution in [0.25, 0.3) is 27.5 Å². The SMILES string of the molecule is CC(C)(C)c1cccc(-n2c3ccccc3c3ccc(Cl)cc32)c1. The summed E-state index contributed by atoms with van der Waals surface area (Å²) in [6.45, 7) is 6.73. The Hall–Kier alpha value is -2.25. The molecule has 0 unspecified atom stereocenters. The molecule has 0 bridgehead atoms. The Balaban J connectivity index is 2.10. The second-order valence-electron chi connectivity index (χ2n) is 7.31. The maximum absolute atomic E-state index is 6.30. The van der Waals surface area contributed by atoms with Gasteiger partial charge in [-0.3, -0.25) is 0 Å². The van der Waals surface area contributed by atoms with E-state index in [1.807, 2.05) is 6.07 Å². The molecule has 0 saturated heterocycles. The van der Waals surface area contributed by atoms with Crippen LogP contribution in [0.3, 0.4) is 0 Å². The molecule has 0 aliphatic heterocycles. The molecule has 0 amide bonds. The van der Waals surface area contributed by atoms with Crippen molar-refractivity contribution in [2.45, 2.75) is 26.2 Å². The van der Waals surface area contributed by atoms with Gasteiger partial charge in [0.1, 0.15) is 0 Å². The maximum Gasteiger partial charge on any atom is 0.0555 e. The average molecular weight is 334 g/mol. The summed E-state index contributed by atoms with van der Waals surface area (Å²) in [7, 11) is 0. The van der Waals surface area contributed by atoms with Gasteiger partial charge in [0, 0.05) is 21.5 Å². The molecule has 2 heteroatoms. The highest BCUT2D eigenvalue weighted by atomic mass is 35.5. The van der Waals surface area contributed by atoms with Gasteiger partial charge in [-0.2, -0.15) is 0 Å². The Labute approximate surface area is 147 Å². The Morgan fingerprint density at radius 2 is 1.50 bits per heavy atom. The first-order valence-corrected chi connectivity index (χ1v) is 8.62. The summed E-state index contributed by atoms with van der Waals surface area (Å²) in [5.41, 5.74) is 4.98. The molecule has 0 spiro atoms. The summed E-state index contributed by atoms with van der Waals surface area (Å²) in [6, 6.07) is 23.5. The van der Waals surface area contributed by atoms with Gasteiger partial charge < -0.3 is 4.57 Å². The number of benzene rings is 3. The largest absolute Gasteiger partial charge is 0.309 e. The van der Waals surface area contributed by atoms with Crippen molar-refractivity contribution in [3.8, 4) is 5.69 Å². The normalized spacial score (nSPS) is 12.2. The van der Waals surface area contributed by atoms with E-state index in [2.05, 4.69) is 86.0 Å². The number of halogens is 1. The third-order valence-electron chi connectivity index (χ3n) is 4.61. The lowest BCUT2D eigenvalue weighted by atomic mass is 9.87. The fraction of sp³-hybridized carbons (Fsp3) is 0.182. The third-order valence-corrected chi connectivity index (χ3v) is 4.84. The van der Waals surface area contributed by atoms with Crippen LogP contribution >= 0.6 is 11.6 Å². The van der Waals surface area contributed by atoms with E-state index in [-0.39, 0.29) is 5.41 Å². The number of hydrogen-bond donors (Lipinski definition) is 0. The van der Waals surface area contributed by atoms with Crippen molar-refractivity contribution in [1.82, 2.24) is 4.57 Å². The van der Waals surface area contributed by atoms with Gasteiger partial charge in [-0.05, 0) is 41.3 Å². The van der Waals surface area contributed by atoms with Crippen molar-refractivity contribution in [2.24, 2.45) is 0 Å². The number of nitrogens with zero attached hydrogens (tertiary/aromatic N) is 1. The second-order valence-corrected chi connectivity index (χ2v) is 7.75. The van der Waals surface area contributed by atoms with E-state index in [9.17, 15) is 0 Å². The molecule has 1 nitrogen and oxygen atoms in total. The predicted octanol–water partition coefficient (Wildman–Crippen LogP) is 6.73. The lowest BCUT2D eigenvalue weighted by molar-refractivity contribution is 0.590. The van der Waals surface area contributed by atoms with Gasteiger partial charge in [-0.1, -0.05) is 68.8 Å². The van der Waals surface area contributed by atoms with Gasteiger partial charge in [-0.15, -0.1) is 0 Å². The molecule has 0 saturated carbocycles. The second kappa shape index (κ2) is 5.39. The zero-order chi connectivity index (χ0) is 16.9. The molecule has 1 aromatic heterocycles. The first kappa shape index (κ1) is 15.3. The lowest BCUT2D eigenvalue weighted by Crippen LogP contribution is -2.11. The summed E-state index contributed by atoms with van der Waals surface area (Å²) in [5, 5.41) is 3.25. The molecule has 0 aliphatic carbocycles. The van der Waals surface area contributed by atoms with Crippen molar-refractivity contribution >= 4 is 33.4 Å². The van der Waals surface area contributed by atoms with Crippen LogP contribution in [-0.2, 0) is 5.41 Å². The molecule has 0 fully saturated rings. The number of fused-ring (bicyclic) bond motifs is 3. The van der Waals surface area contributed by atoms with Gasteiger partial charge in [0.2, 0.25) is 0 Å². The number of rotatable bonds is 1. The summed E-state index contributed by atoms with van der Waals surface area (Å²) >= 11 is 6.30. The van der Waals surface area contributed by atoms with Crippen LogP contribution in [0, 0.1) is 0 Å². The zero-order valence-corrected chi connectivity index (χ0v) is 14.9. The van der Waals surface area contributed by atoms with E-state index in [4.69, 9.17) is 11.6 Å². The monoisotopic (exact) mass is 333 g/mol. The molecule has 120 valence electrons. The first-order valence-electron chi connectivity index (χ1n) is 8.25. The van der Waals surface area contributed by atoms with Crippen molar-refractivity contribution in [1.29, 1.82) is 0 Å². The fourth-order valence-corrected chi connectivity index (χ4v) is 3.50. The van der Waals surface area contributed by atoms with Crippen molar-refractivity contribution < 1.29 is 0 Å². The summed E-state index contributed by atoms with van der Waals surface area (Å²) in [4.78, 5) is 0. The van der Waals surface area contributed by atoms with E-state index in [1.54, 1.807) is 0 Å². The minimum Gasteiger partial charge on any atom is -0.309 e. The van der Waals surface area contributed by atoms with E-state index >= 15 is 0 Å². The Bertz CT molecular complexity index is 1050. The number of para-hydroxylation sites is 1. The van der Waals surface area contributed by atoms with Crippen LogP contribution in [0.1, 0.15) is 26.3 Å². The molecule has 0 atom stereocenters. The Kier molecular flexibility index (Phi) is 3.43. The quantitative estimate of drug-likeness (QED) is 0.363. The summed E-state index contributed by atoms with van der Waals surface area (Å²) in [6.07, 6.45) is 0. The topological polar surface area (TPSA) is 4.93 Å². The molecule has 1 heterocycles. The van der Waals surface area contributed by atoms with Crippen LogP contribution < -0.4 is 0 Å². The molecule has 4 aromatic rings. The highest BCUT2D eigenvalue weighted by Crippen LogP contribution is 2.34. The molecular weight excluding hydrogens is 314 g/mol. The Morgan fingerprint density at radius 1 is 0.750 bits per heavy atom. The van der Waals surface area contributed by atoms with Crippen molar-refractivity contribution in [3.63, 3.8) is 0 Å². The average Bonchev–Trinajstić information content (AvgIpc) is 2.87. The van der Waals surface area contributed by atoms with Gasteiger partial charge in [0.05, 0.1) is 11.0 Å². The maximum atomic E-state index is 6.30. The Morgan fingerprint density at radius 3 is 2.29 bits per heavy atom. The molecule has 24 heavy (non-hydrogen) atoms. The predicted molar refractivity (Wildman–Crippen MR) is 104 cm³/mol. The summed E-state index contributed by atoms with van der Waals surface area (Å²) < 4.78 is 2.31. The number of hydrogen-bond acceptors (Lipinski definition) is 0. The van der Waals surface area contributed by atoms with Gasteiger partial charge in [-0.25, -0.2) is 0 Å². The van der Waals surface area contributed by atoms with Crippen LogP contribution in [-0.4, -0.2) is 4.57 Å². The van der Waals surface area contributed by atoms with Gasteiger partial charge in [0.25, 0.3) is 0 Å². The molecule has 4 rings (SSSR count). The van der Waals surface area contributed by atoms with E-state index in [0.717, 1.165) is 10.5 Å². The molecule has 0 N–H and O–H groups in total. The molecule has 0 aliphatic rings. The minimum absolute atomic E-state index is 0.117.